The second kappa shape index (κ2) is 6.62. The van der Waals surface area contributed by atoms with Crippen LogP contribution in [0, 0.1) is 18.8 Å². The molecule has 1 saturated carbocycles. The Morgan fingerprint density at radius 1 is 1.33 bits per heavy atom. The van der Waals surface area contributed by atoms with Gasteiger partial charge in [0, 0.05) is 6.04 Å². The highest BCUT2D eigenvalue weighted by atomic mass is 32.1. The zero-order chi connectivity index (χ0) is 13.0. The lowest BCUT2D eigenvalue weighted by Crippen LogP contribution is -2.31. The molecule has 0 bridgehead atoms. The first kappa shape index (κ1) is 13.9. The Bertz CT molecular complexity index is 356. The van der Waals surface area contributed by atoms with E-state index in [1.807, 2.05) is 0 Å². The van der Waals surface area contributed by atoms with E-state index in [0.29, 0.717) is 6.04 Å². The molecule has 0 radical (unpaired) electrons. The maximum absolute atomic E-state index is 4.18. The average Bonchev–Trinajstić information content (AvgIpc) is 2.78. The van der Waals surface area contributed by atoms with Gasteiger partial charge in [0.15, 0.2) is 0 Å². The third-order valence-electron chi connectivity index (χ3n) is 4.12. The van der Waals surface area contributed by atoms with Crippen molar-refractivity contribution in [1.29, 1.82) is 0 Å². The van der Waals surface area contributed by atoms with Gasteiger partial charge >= 0.3 is 0 Å². The number of hydrogen-bond acceptors (Lipinski definition) is 4. The maximum atomic E-state index is 4.18. The minimum Gasteiger partial charge on any atom is -0.309 e. The van der Waals surface area contributed by atoms with Crippen LogP contribution in [0.15, 0.2) is 0 Å². The number of nitrogens with one attached hydrogen (secondary N) is 1. The normalized spacial score (nSPS) is 26.2. The summed E-state index contributed by atoms with van der Waals surface area (Å²) in [6.45, 7) is 7.79. The molecule has 1 aromatic heterocycles. The van der Waals surface area contributed by atoms with Crippen molar-refractivity contribution in [2.45, 2.75) is 58.9 Å². The van der Waals surface area contributed by atoms with Gasteiger partial charge in [-0.2, -0.15) is 0 Å². The van der Waals surface area contributed by atoms with Crippen LogP contribution in [-0.2, 0) is 0 Å². The van der Waals surface area contributed by atoms with Gasteiger partial charge in [-0.3, -0.25) is 0 Å². The van der Waals surface area contributed by atoms with E-state index in [4.69, 9.17) is 0 Å². The molecule has 0 aromatic carbocycles. The quantitative estimate of drug-likeness (QED) is 0.883. The van der Waals surface area contributed by atoms with Crippen molar-refractivity contribution in [3.05, 3.63) is 10.6 Å². The van der Waals surface area contributed by atoms with Gasteiger partial charge in [0.1, 0.15) is 0 Å². The monoisotopic (exact) mass is 267 g/mol. The summed E-state index contributed by atoms with van der Waals surface area (Å²) in [5.41, 5.74) is 1.12. The van der Waals surface area contributed by atoms with Crippen LogP contribution < -0.4 is 5.32 Å². The van der Waals surface area contributed by atoms with Gasteiger partial charge in [0.25, 0.3) is 0 Å². The van der Waals surface area contributed by atoms with Gasteiger partial charge in [-0.15, -0.1) is 5.10 Å². The number of nitrogens with zero attached hydrogens (tertiary/aromatic N) is 2. The lowest BCUT2D eigenvalue weighted by atomic mass is 9.78. The summed E-state index contributed by atoms with van der Waals surface area (Å²) >= 11 is 1.58. The van der Waals surface area contributed by atoms with Gasteiger partial charge in [-0.1, -0.05) is 31.2 Å². The molecule has 0 spiro atoms. The molecule has 18 heavy (non-hydrogen) atoms. The summed E-state index contributed by atoms with van der Waals surface area (Å²) in [5.74, 6) is 1.68. The van der Waals surface area contributed by atoms with Crippen LogP contribution in [-0.4, -0.2) is 16.1 Å². The Labute approximate surface area is 115 Å². The van der Waals surface area contributed by atoms with Gasteiger partial charge in [0.2, 0.25) is 0 Å². The summed E-state index contributed by atoms with van der Waals surface area (Å²) in [4.78, 5) is 1.36. The van der Waals surface area contributed by atoms with E-state index < -0.39 is 0 Å². The van der Waals surface area contributed by atoms with Crippen LogP contribution >= 0.6 is 11.5 Å². The highest BCUT2D eigenvalue weighted by molar-refractivity contribution is 7.05. The van der Waals surface area contributed by atoms with Crippen molar-refractivity contribution >= 4 is 11.5 Å². The van der Waals surface area contributed by atoms with E-state index in [1.54, 1.807) is 11.5 Å². The van der Waals surface area contributed by atoms with Crippen molar-refractivity contribution in [3.63, 3.8) is 0 Å². The van der Waals surface area contributed by atoms with Gasteiger partial charge in [-0.05, 0) is 56.1 Å². The first-order chi connectivity index (χ1) is 8.72. The van der Waals surface area contributed by atoms with Crippen molar-refractivity contribution in [2.75, 3.05) is 6.54 Å². The Morgan fingerprint density at radius 2 is 2.06 bits per heavy atom. The molecule has 0 saturated heterocycles. The summed E-state index contributed by atoms with van der Waals surface area (Å²) in [6, 6.07) is 0.484. The zero-order valence-corrected chi connectivity index (χ0v) is 12.6. The third kappa shape index (κ3) is 3.29. The molecule has 1 unspecified atom stereocenters. The molecular formula is C14H25N3S. The van der Waals surface area contributed by atoms with E-state index in [0.717, 1.165) is 24.1 Å². The van der Waals surface area contributed by atoms with Crippen molar-refractivity contribution in [1.82, 2.24) is 14.9 Å². The van der Waals surface area contributed by atoms with Crippen LogP contribution in [0.3, 0.4) is 0 Å². The number of aromatic nitrogens is 2. The number of aryl methyl sites for hydroxylation is 1. The highest BCUT2D eigenvalue weighted by Gasteiger charge is 2.29. The summed E-state index contributed by atoms with van der Waals surface area (Å²) < 4.78 is 4.11. The second-order valence-electron chi connectivity index (χ2n) is 5.67. The van der Waals surface area contributed by atoms with E-state index in [9.17, 15) is 0 Å². The van der Waals surface area contributed by atoms with E-state index in [2.05, 4.69) is 35.7 Å². The molecule has 2 rings (SSSR count). The summed E-state index contributed by atoms with van der Waals surface area (Å²) in [7, 11) is 0. The molecule has 1 N–H and O–H groups in total. The first-order valence-corrected chi connectivity index (χ1v) is 8.02. The predicted molar refractivity (Wildman–Crippen MR) is 76.8 cm³/mol. The fraction of sp³-hybridized carbons (Fsp3) is 0.857. The van der Waals surface area contributed by atoms with Crippen LogP contribution in [0.25, 0.3) is 0 Å². The SMILES string of the molecule is CCCNC(c1snnc1C)C1CCC(C)CC1. The first-order valence-electron chi connectivity index (χ1n) is 7.24. The average molecular weight is 267 g/mol. The largest absolute Gasteiger partial charge is 0.309 e. The topological polar surface area (TPSA) is 37.8 Å². The minimum atomic E-state index is 0.484. The van der Waals surface area contributed by atoms with E-state index in [-0.39, 0.29) is 0 Å². The molecule has 0 amide bonds. The smallest absolute Gasteiger partial charge is 0.0772 e. The Kier molecular flexibility index (Phi) is 5.13. The molecule has 1 atom stereocenters. The maximum Gasteiger partial charge on any atom is 0.0772 e. The lowest BCUT2D eigenvalue weighted by Gasteiger charge is -2.32. The zero-order valence-electron chi connectivity index (χ0n) is 11.8. The van der Waals surface area contributed by atoms with Gasteiger partial charge in [-0.25, -0.2) is 0 Å². The van der Waals surface area contributed by atoms with Crippen molar-refractivity contribution < 1.29 is 0 Å². The number of rotatable bonds is 5. The molecule has 1 aromatic rings. The predicted octanol–water partition coefficient (Wildman–Crippen LogP) is 3.71. The van der Waals surface area contributed by atoms with E-state index in [1.165, 1.54) is 37.0 Å². The van der Waals surface area contributed by atoms with E-state index >= 15 is 0 Å². The second-order valence-corrected chi connectivity index (χ2v) is 6.46. The molecular weight excluding hydrogens is 242 g/mol. The standard InChI is InChI=1S/C14H25N3S/c1-4-9-15-13(14-11(3)16-17-18-14)12-7-5-10(2)6-8-12/h10,12-13,15H,4-9H2,1-3H3. The summed E-state index contributed by atoms with van der Waals surface area (Å²) in [5, 5.41) is 7.91. The summed E-state index contributed by atoms with van der Waals surface area (Å²) in [6.07, 6.45) is 6.63. The number of hydrogen-bond donors (Lipinski definition) is 1. The fourth-order valence-corrected chi connectivity index (χ4v) is 3.73. The van der Waals surface area contributed by atoms with Crippen LogP contribution in [0.4, 0.5) is 0 Å². The molecule has 1 aliphatic rings. The Morgan fingerprint density at radius 3 is 2.61 bits per heavy atom. The molecule has 1 fully saturated rings. The lowest BCUT2D eigenvalue weighted by molar-refractivity contribution is 0.233. The van der Waals surface area contributed by atoms with Gasteiger partial charge in [0.05, 0.1) is 10.6 Å². The minimum absolute atomic E-state index is 0.484. The Hall–Kier alpha value is -0.480. The van der Waals surface area contributed by atoms with Crippen LogP contribution in [0.2, 0.25) is 0 Å². The van der Waals surface area contributed by atoms with Crippen LogP contribution in [0.5, 0.6) is 0 Å². The van der Waals surface area contributed by atoms with Crippen molar-refractivity contribution in [3.8, 4) is 0 Å². The Balaban J connectivity index is 2.07. The van der Waals surface area contributed by atoms with Gasteiger partial charge < -0.3 is 5.32 Å². The molecule has 102 valence electrons. The fourth-order valence-electron chi connectivity index (χ4n) is 2.92. The molecule has 0 aliphatic heterocycles. The molecule has 1 heterocycles. The molecule has 1 aliphatic carbocycles. The molecule has 4 heteroatoms. The third-order valence-corrected chi connectivity index (χ3v) is 5.02. The van der Waals surface area contributed by atoms with Crippen LogP contribution in [0.1, 0.15) is 62.6 Å². The highest BCUT2D eigenvalue weighted by Crippen LogP contribution is 2.38. The van der Waals surface area contributed by atoms with Crippen molar-refractivity contribution in [2.24, 2.45) is 11.8 Å². The molecule has 3 nitrogen and oxygen atoms in total.